The normalized spacial score (nSPS) is 15.9. The molecule has 4 aromatic rings. The van der Waals surface area contributed by atoms with Crippen LogP contribution in [0.1, 0.15) is 28.1 Å². The maximum atomic E-state index is 14.0. The molecule has 1 aliphatic heterocycles. The van der Waals surface area contributed by atoms with E-state index in [4.69, 9.17) is 4.74 Å². The van der Waals surface area contributed by atoms with Crippen molar-refractivity contribution in [2.45, 2.75) is 25.9 Å². The van der Waals surface area contributed by atoms with E-state index in [2.05, 4.69) is 31.0 Å². The number of fused-ring (bicyclic) bond motifs is 1. The lowest BCUT2D eigenvalue weighted by atomic mass is 10.1. The van der Waals surface area contributed by atoms with Crippen LogP contribution < -0.4 is 20.7 Å². The molecule has 0 aliphatic carbocycles. The second-order valence-corrected chi connectivity index (χ2v) is 9.14. The lowest BCUT2D eigenvalue weighted by molar-refractivity contribution is 0.102. The Bertz CT molecular complexity index is 1350. The van der Waals surface area contributed by atoms with Crippen molar-refractivity contribution in [3.63, 3.8) is 0 Å². The predicted molar refractivity (Wildman–Crippen MR) is 130 cm³/mol. The van der Waals surface area contributed by atoms with E-state index in [0.717, 1.165) is 30.3 Å². The highest BCUT2D eigenvalue weighted by molar-refractivity contribution is 7.20. The van der Waals surface area contributed by atoms with Gasteiger partial charge < -0.3 is 20.7 Å². The van der Waals surface area contributed by atoms with Gasteiger partial charge in [0.15, 0.2) is 5.82 Å². The zero-order chi connectivity index (χ0) is 23.7. The van der Waals surface area contributed by atoms with Crippen molar-refractivity contribution in [1.82, 2.24) is 25.1 Å². The lowest BCUT2D eigenvalue weighted by Gasteiger charge is -2.25. The number of nitrogens with zero attached hydrogens (tertiary/aromatic N) is 4. The Morgan fingerprint density at radius 3 is 2.97 bits per heavy atom. The molecule has 5 rings (SSSR count). The summed E-state index contributed by atoms with van der Waals surface area (Å²) >= 11 is 1.28. The Hall–Kier alpha value is -3.57. The minimum atomic E-state index is -0.377. The highest BCUT2D eigenvalue weighted by Gasteiger charge is 2.22. The van der Waals surface area contributed by atoms with Crippen LogP contribution in [0, 0.1) is 12.7 Å². The maximum absolute atomic E-state index is 14.0. The molecule has 0 bridgehead atoms. The monoisotopic (exact) mass is 481 g/mol. The minimum absolute atomic E-state index is 0.0358. The van der Waals surface area contributed by atoms with E-state index in [1.165, 1.54) is 29.8 Å². The first-order chi connectivity index (χ1) is 16.5. The molecule has 3 N–H and O–H groups in total. The average Bonchev–Trinajstić information content (AvgIpc) is 3.39. The molecule has 11 heteroatoms. The molecular formula is C23H24FN7O2S. The number of thiophene rings is 1. The molecule has 1 aliphatic rings. The SMILES string of the molecule is Cc1c(C(=O)Nc2ccn(C)n2)sc2ncnc(Nc3ccc(F)cc3O[C@H]3CCCNC3)c12. The van der Waals surface area contributed by atoms with Crippen LogP contribution in [0.15, 0.2) is 36.8 Å². The molecule has 176 valence electrons. The second-order valence-electron chi connectivity index (χ2n) is 8.14. The van der Waals surface area contributed by atoms with Crippen molar-refractivity contribution >= 4 is 44.8 Å². The highest BCUT2D eigenvalue weighted by atomic mass is 32.1. The minimum Gasteiger partial charge on any atom is -0.487 e. The summed E-state index contributed by atoms with van der Waals surface area (Å²) in [6.07, 6.45) is 5.07. The Balaban J connectivity index is 1.45. The fraction of sp³-hybridized carbons (Fsp3) is 0.304. The van der Waals surface area contributed by atoms with Crippen LogP contribution in [-0.2, 0) is 7.05 Å². The van der Waals surface area contributed by atoms with E-state index in [1.807, 2.05) is 6.92 Å². The largest absolute Gasteiger partial charge is 0.487 e. The topological polar surface area (TPSA) is 106 Å². The third-order valence-corrected chi connectivity index (χ3v) is 6.83. The molecule has 1 saturated heterocycles. The number of aromatic nitrogens is 4. The molecule has 0 radical (unpaired) electrons. The number of halogens is 1. The van der Waals surface area contributed by atoms with E-state index in [9.17, 15) is 9.18 Å². The van der Waals surface area contributed by atoms with E-state index in [0.29, 0.717) is 39.3 Å². The van der Waals surface area contributed by atoms with E-state index in [-0.39, 0.29) is 17.8 Å². The van der Waals surface area contributed by atoms with Gasteiger partial charge in [0.25, 0.3) is 5.91 Å². The fourth-order valence-corrected chi connectivity index (χ4v) is 5.01. The molecule has 0 saturated carbocycles. The number of nitrogens with one attached hydrogen (secondary N) is 3. The van der Waals surface area contributed by atoms with Gasteiger partial charge in [-0.05, 0) is 44.0 Å². The Morgan fingerprint density at radius 1 is 1.32 bits per heavy atom. The van der Waals surface area contributed by atoms with Crippen LogP contribution in [0.2, 0.25) is 0 Å². The Labute approximate surface area is 199 Å². The number of hydrogen-bond donors (Lipinski definition) is 3. The van der Waals surface area contributed by atoms with Gasteiger partial charge in [-0.3, -0.25) is 9.48 Å². The standard InChI is InChI=1S/C23H24FN7O2S/c1-13-19-21(28-16-6-5-14(24)10-17(16)33-15-4-3-8-25-11-15)26-12-27-23(19)34-20(13)22(32)29-18-7-9-31(2)30-18/h5-7,9-10,12,15,25H,3-4,8,11H2,1-2H3,(H,26,27,28)(H,29,30,32)/t15-/m0/s1. The van der Waals surface area contributed by atoms with Crippen LogP contribution >= 0.6 is 11.3 Å². The predicted octanol–water partition coefficient (Wildman–Crippen LogP) is 4.00. The van der Waals surface area contributed by atoms with Crippen molar-refractivity contribution in [3.8, 4) is 5.75 Å². The quantitative estimate of drug-likeness (QED) is 0.382. The summed E-state index contributed by atoms with van der Waals surface area (Å²) in [5.41, 5.74) is 1.34. The lowest BCUT2D eigenvalue weighted by Crippen LogP contribution is -2.37. The molecule has 1 aromatic carbocycles. The summed E-state index contributed by atoms with van der Waals surface area (Å²) in [7, 11) is 1.78. The first kappa shape index (κ1) is 22.2. The van der Waals surface area contributed by atoms with Crippen LogP contribution in [0.4, 0.5) is 21.7 Å². The van der Waals surface area contributed by atoms with Gasteiger partial charge >= 0.3 is 0 Å². The van der Waals surface area contributed by atoms with Gasteiger partial charge in [0, 0.05) is 31.9 Å². The average molecular weight is 482 g/mol. The van der Waals surface area contributed by atoms with Crippen LogP contribution in [0.3, 0.4) is 0 Å². The summed E-state index contributed by atoms with van der Waals surface area (Å²) in [6, 6.07) is 6.11. The van der Waals surface area contributed by atoms with Gasteiger partial charge in [-0.1, -0.05) is 0 Å². The summed E-state index contributed by atoms with van der Waals surface area (Å²) in [6.45, 7) is 3.53. The van der Waals surface area contributed by atoms with Gasteiger partial charge in [0.2, 0.25) is 0 Å². The molecule has 34 heavy (non-hydrogen) atoms. The molecule has 0 unspecified atom stereocenters. The highest BCUT2D eigenvalue weighted by Crippen LogP contribution is 2.37. The number of aryl methyl sites for hydroxylation is 2. The maximum Gasteiger partial charge on any atom is 0.267 e. The zero-order valence-electron chi connectivity index (χ0n) is 18.8. The van der Waals surface area contributed by atoms with E-state index >= 15 is 0 Å². The number of piperidine rings is 1. The van der Waals surface area contributed by atoms with Crippen molar-refractivity contribution in [2.75, 3.05) is 23.7 Å². The van der Waals surface area contributed by atoms with Crippen molar-refractivity contribution in [1.29, 1.82) is 0 Å². The van der Waals surface area contributed by atoms with Crippen LogP contribution in [0.25, 0.3) is 10.2 Å². The third-order valence-electron chi connectivity index (χ3n) is 5.63. The molecule has 1 fully saturated rings. The fourth-order valence-electron chi connectivity index (χ4n) is 3.96. The van der Waals surface area contributed by atoms with Gasteiger partial charge in [0.05, 0.1) is 16.0 Å². The zero-order valence-corrected chi connectivity index (χ0v) is 19.6. The summed E-state index contributed by atoms with van der Waals surface area (Å²) < 4.78 is 21.8. The number of ether oxygens (including phenoxy) is 1. The molecule has 1 atom stereocenters. The molecular weight excluding hydrogens is 457 g/mol. The third kappa shape index (κ3) is 4.57. The summed E-state index contributed by atoms with van der Waals surface area (Å²) in [5.74, 6) is 0.771. The van der Waals surface area contributed by atoms with Gasteiger partial charge in [-0.25, -0.2) is 14.4 Å². The number of amides is 1. The second kappa shape index (κ2) is 9.35. The van der Waals surface area contributed by atoms with Gasteiger partial charge in [-0.2, -0.15) is 5.10 Å². The van der Waals surface area contributed by atoms with Crippen molar-refractivity contribution < 1.29 is 13.9 Å². The molecule has 3 aromatic heterocycles. The number of benzene rings is 1. The number of hydrogen-bond acceptors (Lipinski definition) is 8. The number of rotatable bonds is 6. The smallest absolute Gasteiger partial charge is 0.267 e. The first-order valence-electron chi connectivity index (χ1n) is 11.0. The van der Waals surface area contributed by atoms with Crippen molar-refractivity contribution in [3.05, 3.63) is 53.0 Å². The molecule has 1 amide bonds. The van der Waals surface area contributed by atoms with E-state index < -0.39 is 0 Å². The molecule has 4 heterocycles. The van der Waals surface area contributed by atoms with Crippen molar-refractivity contribution in [2.24, 2.45) is 7.05 Å². The Morgan fingerprint density at radius 2 is 2.21 bits per heavy atom. The number of carbonyl (C=O) groups excluding carboxylic acids is 1. The van der Waals surface area contributed by atoms with Crippen LogP contribution in [-0.4, -0.2) is 44.8 Å². The Kier molecular flexibility index (Phi) is 6.12. The van der Waals surface area contributed by atoms with Gasteiger partial charge in [-0.15, -0.1) is 11.3 Å². The first-order valence-corrected chi connectivity index (χ1v) is 11.8. The number of anilines is 3. The van der Waals surface area contributed by atoms with E-state index in [1.54, 1.807) is 30.1 Å². The van der Waals surface area contributed by atoms with Gasteiger partial charge in [0.1, 0.15) is 34.6 Å². The van der Waals surface area contributed by atoms with Crippen LogP contribution in [0.5, 0.6) is 5.75 Å². The summed E-state index contributed by atoms with van der Waals surface area (Å²) in [5, 5.41) is 14.3. The number of carbonyl (C=O) groups is 1. The summed E-state index contributed by atoms with van der Waals surface area (Å²) in [4.78, 5) is 22.9. The molecule has 9 nitrogen and oxygen atoms in total. The molecule has 0 spiro atoms.